The Morgan fingerprint density at radius 2 is 1.94 bits per heavy atom. The Labute approximate surface area is 108 Å². The molecule has 0 amide bonds. The minimum atomic E-state index is 0.657. The van der Waals surface area contributed by atoms with Gasteiger partial charge in [0.15, 0.2) is 11.6 Å². The van der Waals surface area contributed by atoms with Gasteiger partial charge in [-0.2, -0.15) is 0 Å². The number of hydrogen-bond acceptors (Lipinski definition) is 5. The first-order valence-corrected chi connectivity index (χ1v) is 6.31. The van der Waals surface area contributed by atoms with Gasteiger partial charge in [-0.25, -0.2) is 15.0 Å². The Morgan fingerprint density at radius 3 is 2.67 bits per heavy atom. The summed E-state index contributed by atoms with van der Waals surface area (Å²) in [6.45, 7) is 2.01. The molecule has 0 bridgehead atoms. The van der Waals surface area contributed by atoms with E-state index in [0.29, 0.717) is 11.6 Å². The van der Waals surface area contributed by atoms with Crippen molar-refractivity contribution in [3.05, 3.63) is 35.6 Å². The van der Waals surface area contributed by atoms with E-state index in [9.17, 15) is 0 Å². The van der Waals surface area contributed by atoms with Crippen molar-refractivity contribution in [1.29, 1.82) is 0 Å². The highest BCUT2D eigenvalue weighted by Gasteiger charge is 2.05. The maximum Gasteiger partial charge on any atom is 0.159 e. The predicted molar refractivity (Wildman–Crippen MR) is 71.9 cm³/mol. The van der Waals surface area contributed by atoms with E-state index in [1.807, 2.05) is 19.1 Å². The van der Waals surface area contributed by atoms with Crippen molar-refractivity contribution in [2.45, 2.75) is 6.92 Å². The summed E-state index contributed by atoms with van der Waals surface area (Å²) >= 11 is 1.69. The first kappa shape index (κ1) is 11.1. The molecule has 18 heavy (non-hydrogen) atoms. The first-order chi connectivity index (χ1) is 8.76. The van der Waals surface area contributed by atoms with Gasteiger partial charge in [0.1, 0.15) is 0 Å². The fourth-order valence-corrected chi connectivity index (χ4v) is 2.56. The van der Waals surface area contributed by atoms with Crippen LogP contribution in [-0.4, -0.2) is 22.1 Å². The Hall–Kier alpha value is -2.01. The fourth-order valence-electron chi connectivity index (χ4n) is 1.75. The van der Waals surface area contributed by atoms with E-state index in [0.717, 1.165) is 16.1 Å². The van der Waals surface area contributed by atoms with Gasteiger partial charge in [0.05, 0.1) is 34.7 Å². The summed E-state index contributed by atoms with van der Waals surface area (Å²) in [5.74, 6) is 1.34. The van der Waals surface area contributed by atoms with Gasteiger partial charge in [-0.15, -0.1) is 11.3 Å². The summed E-state index contributed by atoms with van der Waals surface area (Å²) in [7, 11) is 1.60. The third kappa shape index (κ3) is 1.93. The third-order valence-electron chi connectivity index (χ3n) is 2.62. The number of aromatic nitrogens is 3. The lowest BCUT2D eigenvalue weighted by molar-refractivity contribution is 0.411. The Morgan fingerprint density at radius 1 is 1.17 bits per heavy atom. The quantitative estimate of drug-likeness (QED) is 0.708. The van der Waals surface area contributed by atoms with Crippen molar-refractivity contribution < 1.29 is 4.74 Å². The average Bonchev–Trinajstić information content (AvgIpc) is 2.78. The molecule has 0 N–H and O–H groups in total. The standard InChI is InChI=1S/C13H11N3OS/c1-8-16-11-5-9(3-4-12(11)18-8)13-14-6-10(17-2)7-15-13/h3-7H,1-2H3. The maximum atomic E-state index is 5.04. The molecule has 0 fully saturated rings. The minimum Gasteiger partial charge on any atom is -0.494 e. The summed E-state index contributed by atoms with van der Waals surface area (Å²) in [5.41, 5.74) is 1.96. The van der Waals surface area contributed by atoms with Crippen LogP contribution in [0.5, 0.6) is 5.75 Å². The zero-order valence-electron chi connectivity index (χ0n) is 10.0. The molecule has 3 aromatic rings. The number of ether oxygens (including phenoxy) is 1. The molecular weight excluding hydrogens is 246 g/mol. The molecule has 0 aliphatic rings. The molecular formula is C13H11N3OS. The molecule has 90 valence electrons. The molecule has 2 heterocycles. The van der Waals surface area contributed by atoms with Gasteiger partial charge in [0, 0.05) is 5.56 Å². The van der Waals surface area contributed by atoms with Crippen LogP contribution in [-0.2, 0) is 0 Å². The van der Waals surface area contributed by atoms with E-state index in [-0.39, 0.29) is 0 Å². The van der Waals surface area contributed by atoms with Gasteiger partial charge in [-0.05, 0) is 25.1 Å². The summed E-state index contributed by atoms with van der Waals surface area (Å²) in [6, 6.07) is 6.09. The van der Waals surface area contributed by atoms with Crippen LogP contribution in [0, 0.1) is 6.92 Å². The largest absolute Gasteiger partial charge is 0.494 e. The lowest BCUT2D eigenvalue weighted by atomic mass is 10.2. The molecule has 0 saturated heterocycles. The highest BCUT2D eigenvalue weighted by atomic mass is 32.1. The van der Waals surface area contributed by atoms with E-state index in [4.69, 9.17) is 4.74 Å². The van der Waals surface area contributed by atoms with Crippen LogP contribution in [0.4, 0.5) is 0 Å². The zero-order chi connectivity index (χ0) is 12.5. The van der Waals surface area contributed by atoms with E-state index >= 15 is 0 Å². The summed E-state index contributed by atoms with van der Waals surface area (Å²) in [6.07, 6.45) is 3.33. The van der Waals surface area contributed by atoms with Crippen LogP contribution in [0.2, 0.25) is 0 Å². The molecule has 3 rings (SSSR count). The number of hydrogen-bond donors (Lipinski definition) is 0. The second-order valence-electron chi connectivity index (χ2n) is 3.86. The van der Waals surface area contributed by atoms with Crippen LogP contribution in [0.15, 0.2) is 30.6 Å². The molecule has 4 nitrogen and oxygen atoms in total. The molecule has 0 aliphatic heterocycles. The summed E-state index contributed by atoms with van der Waals surface area (Å²) in [5, 5.41) is 1.07. The van der Waals surface area contributed by atoms with Gasteiger partial charge < -0.3 is 4.74 Å². The lowest BCUT2D eigenvalue weighted by Crippen LogP contribution is -1.90. The number of benzene rings is 1. The summed E-state index contributed by atoms with van der Waals surface area (Å²) in [4.78, 5) is 13.0. The Kier molecular flexibility index (Phi) is 2.68. The van der Waals surface area contributed by atoms with E-state index in [2.05, 4.69) is 21.0 Å². The van der Waals surface area contributed by atoms with Crippen LogP contribution in [0.1, 0.15) is 5.01 Å². The number of rotatable bonds is 2. The SMILES string of the molecule is COc1cnc(-c2ccc3sc(C)nc3c2)nc1. The molecule has 0 saturated carbocycles. The number of nitrogens with zero attached hydrogens (tertiary/aromatic N) is 3. The number of aryl methyl sites for hydroxylation is 1. The molecule has 0 aliphatic carbocycles. The number of thiazole rings is 1. The lowest BCUT2D eigenvalue weighted by Gasteiger charge is -2.01. The molecule has 0 unspecified atom stereocenters. The van der Waals surface area contributed by atoms with E-state index in [1.54, 1.807) is 30.8 Å². The van der Waals surface area contributed by atoms with E-state index in [1.165, 1.54) is 4.70 Å². The maximum absolute atomic E-state index is 5.04. The summed E-state index contributed by atoms with van der Waals surface area (Å²) < 4.78 is 6.23. The number of methoxy groups -OCH3 is 1. The van der Waals surface area contributed by atoms with Gasteiger partial charge in [0.25, 0.3) is 0 Å². The van der Waals surface area contributed by atoms with Crippen LogP contribution >= 0.6 is 11.3 Å². The van der Waals surface area contributed by atoms with Crippen molar-refractivity contribution in [1.82, 2.24) is 15.0 Å². The van der Waals surface area contributed by atoms with Gasteiger partial charge in [0.2, 0.25) is 0 Å². The van der Waals surface area contributed by atoms with Crippen molar-refractivity contribution in [2.75, 3.05) is 7.11 Å². The van der Waals surface area contributed by atoms with Crippen molar-refractivity contribution in [3.63, 3.8) is 0 Å². The molecule has 0 atom stereocenters. The highest BCUT2D eigenvalue weighted by molar-refractivity contribution is 7.18. The van der Waals surface area contributed by atoms with Crippen LogP contribution in [0.3, 0.4) is 0 Å². The Balaban J connectivity index is 2.06. The first-order valence-electron chi connectivity index (χ1n) is 5.50. The smallest absolute Gasteiger partial charge is 0.159 e. The monoisotopic (exact) mass is 257 g/mol. The van der Waals surface area contributed by atoms with Crippen LogP contribution < -0.4 is 4.74 Å². The zero-order valence-corrected chi connectivity index (χ0v) is 10.9. The molecule has 1 aromatic carbocycles. The van der Waals surface area contributed by atoms with E-state index < -0.39 is 0 Å². The van der Waals surface area contributed by atoms with Crippen LogP contribution in [0.25, 0.3) is 21.6 Å². The molecule has 2 aromatic heterocycles. The third-order valence-corrected chi connectivity index (χ3v) is 3.57. The van der Waals surface area contributed by atoms with Gasteiger partial charge >= 0.3 is 0 Å². The van der Waals surface area contributed by atoms with Gasteiger partial charge in [-0.3, -0.25) is 0 Å². The van der Waals surface area contributed by atoms with Crippen molar-refractivity contribution >= 4 is 21.6 Å². The minimum absolute atomic E-state index is 0.657. The molecule has 5 heteroatoms. The van der Waals surface area contributed by atoms with Gasteiger partial charge in [-0.1, -0.05) is 0 Å². The number of fused-ring (bicyclic) bond motifs is 1. The molecule has 0 radical (unpaired) electrons. The topological polar surface area (TPSA) is 47.9 Å². The average molecular weight is 257 g/mol. The normalized spacial score (nSPS) is 10.8. The second kappa shape index (κ2) is 4.34. The predicted octanol–water partition coefficient (Wildman–Crippen LogP) is 3.07. The second-order valence-corrected chi connectivity index (χ2v) is 5.10. The van der Waals surface area contributed by atoms with Crippen molar-refractivity contribution in [2.24, 2.45) is 0 Å². The molecule has 0 spiro atoms. The fraction of sp³-hybridized carbons (Fsp3) is 0.154. The highest BCUT2D eigenvalue weighted by Crippen LogP contribution is 2.26. The Bertz CT molecular complexity index is 691. The van der Waals surface area contributed by atoms with Crippen molar-refractivity contribution in [3.8, 4) is 17.1 Å².